The number of aryl methyl sites for hydroxylation is 1. The largest absolute Gasteiger partial charge is 0.387 e. The first-order valence-electron chi connectivity index (χ1n) is 11.3. The standard InChI is InChI=1S/C26H26Cl2N4O/c1-2-15-3-4-18-16(14-31-23(18)11-15)7-9-30-26-20(27)12-17(13-21(26)28)32-22-8-10-29-25-19(22)5-6-24(25)33/h3-4,8,10-14,24,30-31,33H,2,5-7,9H2,1H3,(H,29,32). The van der Waals surface area contributed by atoms with Crippen LogP contribution in [0.2, 0.25) is 10.0 Å². The molecule has 2 aromatic carbocycles. The molecule has 1 atom stereocenters. The molecule has 4 N–H and O–H groups in total. The van der Waals surface area contributed by atoms with Crippen molar-refractivity contribution in [1.82, 2.24) is 9.97 Å². The van der Waals surface area contributed by atoms with Crippen molar-refractivity contribution in [2.45, 2.75) is 38.7 Å². The highest BCUT2D eigenvalue weighted by molar-refractivity contribution is 6.39. The summed E-state index contributed by atoms with van der Waals surface area (Å²) in [5.74, 6) is 0. The van der Waals surface area contributed by atoms with Crippen LogP contribution in [0, 0.1) is 0 Å². The molecular weight excluding hydrogens is 455 g/mol. The van der Waals surface area contributed by atoms with E-state index in [1.165, 1.54) is 22.0 Å². The Hall–Kier alpha value is -2.73. The Morgan fingerprint density at radius 1 is 1.15 bits per heavy atom. The fourth-order valence-corrected chi connectivity index (χ4v) is 5.17. The number of H-pyrrole nitrogens is 1. The Morgan fingerprint density at radius 3 is 2.76 bits per heavy atom. The van der Waals surface area contributed by atoms with Gasteiger partial charge in [0.1, 0.15) is 0 Å². The molecule has 0 fully saturated rings. The van der Waals surface area contributed by atoms with Crippen LogP contribution in [0.15, 0.2) is 48.8 Å². The molecule has 0 saturated carbocycles. The van der Waals surface area contributed by atoms with Gasteiger partial charge in [-0.15, -0.1) is 0 Å². The zero-order chi connectivity index (χ0) is 22.9. The molecule has 2 heterocycles. The van der Waals surface area contributed by atoms with E-state index < -0.39 is 6.10 Å². The predicted octanol–water partition coefficient (Wildman–Crippen LogP) is 6.81. The molecule has 0 spiro atoms. The van der Waals surface area contributed by atoms with Gasteiger partial charge in [0.25, 0.3) is 0 Å². The zero-order valence-corrected chi connectivity index (χ0v) is 19.9. The first-order valence-corrected chi connectivity index (χ1v) is 12.0. The van der Waals surface area contributed by atoms with Crippen LogP contribution in [0.5, 0.6) is 0 Å². The maximum Gasteiger partial charge on any atom is 0.0966 e. The number of rotatable bonds is 7. The number of aliphatic hydroxyl groups is 1. The third kappa shape index (κ3) is 4.41. The number of hydrogen-bond donors (Lipinski definition) is 4. The van der Waals surface area contributed by atoms with Crippen LogP contribution in [-0.4, -0.2) is 21.6 Å². The highest BCUT2D eigenvalue weighted by Crippen LogP contribution is 2.38. The highest BCUT2D eigenvalue weighted by atomic mass is 35.5. The molecule has 2 aromatic heterocycles. The van der Waals surface area contributed by atoms with Crippen molar-refractivity contribution in [3.05, 3.63) is 81.2 Å². The molecule has 7 heteroatoms. The summed E-state index contributed by atoms with van der Waals surface area (Å²) < 4.78 is 0. The molecule has 33 heavy (non-hydrogen) atoms. The van der Waals surface area contributed by atoms with Crippen LogP contribution in [0.25, 0.3) is 10.9 Å². The monoisotopic (exact) mass is 480 g/mol. The van der Waals surface area contributed by atoms with E-state index in [-0.39, 0.29) is 0 Å². The zero-order valence-electron chi connectivity index (χ0n) is 18.4. The van der Waals surface area contributed by atoms with Gasteiger partial charge in [-0.3, -0.25) is 4.98 Å². The van der Waals surface area contributed by atoms with Crippen molar-refractivity contribution in [2.24, 2.45) is 0 Å². The van der Waals surface area contributed by atoms with E-state index in [2.05, 4.69) is 51.9 Å². The third-order valence-corrected chi connectivity index (χ3v) is 6.93. The van der Waals surface area contributed by atoms with Crippen LogP contribution in [-0.2, 0) is 19.3 Å². The summed E-state index contributed by atoms with van der Waals surface area (Å²) in [6, 6.07) is 12.2. The van der Waals surface area contributed by atoms with Gasteiger partial charge in [0.05, 0.1) is 27.5 Å². The summed E-state index contributed by atoms with van der Waals surface area (Å²) in [5, 5.41) is 19.2. The number of fused-ring (bicyclic) bond motifs is 2. The number of hydrogen-bond acceptors (Lipinski definition) is 4. The van der Waals surface area contributed by atoms with E-state index in [0.29, 0.717) is 23.0 Å². The Kier molecular flexibility index (Phi) is 6.19. The number of nitrogens with one attached hydrogen (secondary N) is 3. The number of nitrogens with zero attached hydrogens (tertiary/aromatic N) is 1. The molecule has 1 aliphatic rings. The quantitative estimate of drug-likeness (QED) is 0.234. The lowest BCUT2D eigenvalue weighted by Gasteiger charge is -2.15. The van der Waals surface area contributed by atoms with Gasteiger partial charge in [0, 0.05) is 41.2 Å². The minimum atomic E-state index is -0.494. The second kappa shape index (κ2) is 9.26. The highest BCUT2D eigenvalue weighted by Gasteiger charge is 2.24. The first-order chi connectivity index (χ1) is 16.0. The minimum absolute atomic E-state index is 0.494. The Balaban J connectivity index is 1.28. The van der Waals surface area contributed by atoms with Crippen LogP contribution in [0.4, 0.5) is 17.1 Å². The predicted molar refractivity (Wildman–Crippen MR) is 137 cm³/mol. The lowest BCUT2D eigenvalue weighted by molar-refractivity contribution is 0.176. The van der Waals surface area contributed by atoms with E-state index in [0.717, 1.165) is 47.6 Å². The second-order valence-corrected chi connectivity index (χ2v) is 9.26. The molecule has 0 saturated heterocycles. The van der Waals surface area contributed by atoms with E-state index in [1.54, 1.807) is 6.20 Å². The van der Waals surface area contributed by atoms with Crippen molar-refractivity contribution in [2.75, 3.05) is 17.2 Å². The number of aromatic amines is 1. The van der Waals surface area contributed by atoms with E-state index in [1.807, 2.05) is 18.2 Å². The van der Waals surface area contributed by atoms with Crippen molar-refractivity contribution < 1.29 is 5.11 Å². The smallest absolute Gasteiger partial charge is 0.0966 e. The molecule has 1 unspecified atom stereocenters. The maximum absolute atomic E-state index is 10.1. The molecule has 5 rings (SSSR count). The summed E-state index contributed by atoms with van der Waals surface area (Å²) in [7, 11) is 0. The lowest BCUT2D eigenvalue weighted by Crippen LogP contribution is -2.06. The van der Waals surface area contributed by atoms with Gasteiger partial charge in [-0.1, -0.05) is 42.3 Å². The Labute approximate surface area is 203 Å². The third-order valence-electron chi connectivity index (χ3n) is 6.33. The molecule has 4 aromatic rings. The van der Waals surface area contributed by atoms with Gasteiger partial charge in [-0.05, 0) is 66.6 Å². The van der Waals surface area contributed by atoms with Gasteiger partial charge in [-0.25, -0.2) is 0 Å². The van der Waals surface area contributed by atoms with Gasteiger partial charge in [-0.2, -0.15) is 0 Å². The Bertz CT molecular complexity index is 1290. The number of aliphatic hydroxyl groups excluding tert-OH is 1. The average Bonchev–Trinajstić information content (AvgIpc) is 3.39. The summed E-state index contributed by atoms with van der Waals surface area (Å²) >= 11 is 13.2. The second-order valence-electron chi connectivity index (χ2n) is 8.44. The van der Waals surface area contributed by atoms with Crippen LogP contribution >= 0.6 is 23.2 Å². The number of anilines is 3. The molecule has 0 aliphatic heterocycles. The lowest BCUT2D eigenvalue weighted by atomic mass is 10.1. The summed E-state index contributed by atoms with van der Waals surface area (Å²) in [6.45, 7) is 2.88. The fraction of sp³-hybridized carbons (Fsp3) is 0.269. The molecule has 0 radical (unpaired) electrons. The van der Waals surface area contributed by atoms with Gasteiger partial charge < -0.3 is 20.7 Å². The number of aromatic nitrogens is 2. The van der Waals surface area contributed by atoms with Crippen LogP contribution in [0.1, 0.15) is 41.8 Å². The van der Waals surface area contributed by atoms with Crippen molar-refractivity contribution >= 4 is 51.2 Å². The minimum Gasteiger partial charge on any atom is -0.387 e. The van der Waals surface area contributed by atoms with Gasteiger partial charge in [0.15, 0.2) is 0 Å². The molecule has 170 valence electrons. The Morgan fingerprint density at radius 2 is 1.97 bits per heavy atom. The van der Waals surface area contributed by atoms with Crippen molar-refractivity contribution in [1.29, 1.82) is 0 Å². The first kappa shape index (κ1) is 22.1. The summed E-state index contributed by atoms with van der Waals surface area (Å²) in [5.41, 5.74) is 8.01. The fourth-order valence-electron chi connectivity index (χ4n) is 4.55. The van der Waals surface area contributed by atoms with Crippen molar-refractivity contribution in [3.63, 3.8) is 0 Å². The number of pyridine rings is 1. The number of benzene rings is 2. The number of halogens is 2. The summed E-state index contributed by atoms with van der Waals surface area (Å²) in [4.78, 5) is 7.70. The van der Waals surface area contributed by atoms with Crippen LogP contribution in [0.3, 0.4) is 0 Å². The summed E-state index contributed by atoms with van der Waals surface area (Å²) in [6.07, 6.45) is 6.66. The normalized spacial score (nSPS) is 15.1. The average molecular weight is 481 g/mol. The SMILES string of the molecule is CCc1ccc2c(CCNc3c(Cl)cc(Nc4ccnc5c4CCC5O)cc3Cl)c[nH]c2c1. The van der Waals surface area contributed by atoms with Gasteiger partial charge in [0.2, 0.25) is 0 Å². The van der Waals surface area contributed by atoms with Crippen LogP contribution < -0.4 is 10.6 Å². The molecule has 5 nitrogen and oxygen atoms in total. The van der Waals surface area contributed by atoms with E-state index >= 15 is 0 Å². The molecule has 0 amide bonds. The topological polar surface area (TPSA) is 73.0 Å². The molecule has 1 aliphatic carbocycles. The molecule has 0 bridgehead atoms. The van der Waals surface area contributed by atoms with Gasteiger partial charge >= 0.3 is 0 Å². The van der Waals surface area contributed by atoms with Crippen molar-refractivity contribution in [3.8, 4) is 0 Å². The van der Waals surface area contributed by atoms with E-state index in [9.17, 15) is 5.11 Å². The van der Waals surface area contributed by atoms with E-state index in [4.69, 9.17) is 23.2 Å². The maximum atomic E-state index is 10.1. The molecular formula is C26H26Cl2N4O.